The molecular formula is C29H40N4O2. The second-order valence-corrected chi connectivity index (χ2v) is 9.96. The molecule has 0 aliphatic rings. The molecule has 2 N–H and O–H groups in total. The van der Waals surface area contributed by atoms with Gasteiger partial charge in [0, 0.05) is 11.8 Å². The molecule has 2 aromatic carbocycles. The summed E-state index contributed by atoms with van der Waals surface area (Å²) < 4.78 is 6.09. The Labute approximate surface area is 209 Å². The van der Waals surface area contributed by atoms with E-state index in [1.807, 2.05) is 12.2 Å². The smallest absolute Gasteiger partial charge is 0.174 e. The fourth-order valence-electron chi connectivity index (χ4n) is 4.65. The number of nitrogens with one attached hydrogen (secondary N) is 1. The third-order valence-corrected chi connectivity index (χ3v) is 6.87. The highest BCUT2D eigenvalue weighted by Crippen LogP contribution is 2.41. The lowest BCUT2D eigenvalue weighted by Gasteiger charge is -2.34. The van der Waals surface area contributed by atoms with Crippen LogP contribution < -0.4 is 4.74 Å². The summed E-state index contributed by atoms with van der Waals surface area (Å²) in [7, 11) is 0. The zero-order chi connectivity index (χ0) is 25.5. The van der Waals surface area contributed by atoms with Crippen LogP contribution in [0.1, 0.15) is 87.0 Å². The van der Waals surface area contributed by atoms with Crippen molar-refractivity contribution in [3.05, 3.63) is 76.1 Å². The molecular weight excluding hydrogens is 436 g/mol. The average Bonchev–Trinajstić information content (AvgIpc) is 3.33. The van der Waals surface area contributed by atoms with E-state index < -0.39 is 5.60 Å². The number of benzene rings is 2. The molecule has 0 aliphatic carbocycles. The molecule has 0 bridgehead atoms. The monoisotopic (exact) mass is 476 g/mol. The van der Waals surface area contributed by atoms with Gasteiger partial charge in [0.25, 0.3) is 0 Å². The molecule has 1 heterocycles. The third kappa shape index (κ3) is 6.79. The van der Waals surface area contributed by atoms with E-state index in [-0.39, 0.29) is 5.41 Å². The van der Waals surface area contributed by atoms with Gasteiger partial charge in [-0.25, -0.2) is 0 Å². The highest BCUT2D eigenvalue weighted by molar-refractivity contribution is 5.57. The summed E-state index contributed by atoms with van der Waals surface area (Å²) in [5.74, 6) is 1.69. The standard InChI is InChI=1S/C29H40N4O2/c1-7-29(8-2,24-13-12-23(21(3)19-24)16-17-28(5,6)34)25-14-15-26(22(4)20-25)35-18-10-9-11-27-30-32-33-31-27/h12-17,19-20,34H,7-11,18H2,1-6H3,(H,30,31,32,33)/b17-16+. The number of rotatable bonds is 12. The minimum atomic E-state index is -0.822. The average molecular weight is 477 g/mol. The van der Waals surface area contributed by atoms with Gasteiger partial charge in [0.15, 0.2) is 5.82 Å². The van der Waals surface area contributed by atoms with Crippen LogP contribution in [0, 0.1) is 13.8 Å². The molecule has 6 nitrogen and oxygen atoms in total. The van der Waals surface area contributed by atoms with Crippen LogP contribution in [0.25, 0.3) is 6.08 Å². The van der Waals surface area contributed by atoms with Crippen molar-refractivity contribution in [1.29, 1.82) is 0 Å². The SMILES string of the molecule is CCC(CC)(c1ccc(/C=C/C(C)(C)O)c(C)c1)c1ccc(OCCCCc2nn[nH]n2)c(C)c1. The number of aromatic amines is 1. The maximum Gasteiger partial charge on any atom is 0.174 e. The van der Waals surface area contributed by atoms with E-state index in [9.17, 15) is 5.11 Å². The van der Waals surface area contributed by atoms with Gasteiger partial charge >= 0.3 is 0 Å². The first-order valence-electron chi connectivity index (χ1n) is 12.7. The van der Waals surface area contributed by atoms with Crippen LogP contribution in [0.15, 0.2) is 42.5 Å². The number of hydrogen-bond donors (Lipinski definition) is 2. The summed E-state index contributed by atoms with van der Waals surface area (Å²) in [6.45, 7) is 13.1. The van der Waals surface area contributed by atoms with Crippen molar-refractivity contribution in [2.75, 3.05) is 6.61 Å². The quantitative estimate of drug-likeness (QED) is 0.308. The second-order valence-electron chi connectivity index (χ2n) is 9.96. The Morgan fingerprint density at radius 3 is 2.23 bits per heavy atom. The van der Waals surface area contributed by atoms with Crippen molar-refractivity contribution in [3.63, 3.8) is 0 Å². The van der Waals surface area contributed by atoms with Crippen LogP contribution in [-0.4, -0.2) is 37.9 Å². The molecule has 0 amide bonds. The number of nitrogens with zero attached hydrogens (tertiary/aromatic N) is 3. The van der Waals surface area contributed by atoms with Gasteiger partial charge in [-0.1, -0.05) is 61.5 Å². The largest absolute Gasteiger partial charge is 0.493 e. The molecule has 0 atom stereocenters. The summed E-state index contributed by atoms with van der Waals surface area (Å²) in [6, 6.07) is 13.4. The van der Waals surface area contributed by atoms with Crippen LogP contribution >= 0.6 is 0 Å². The van der Waals surface area contributed by atoms with Gasteiger partial charge in [0.2, 0.25) is 0 Å². The Hall–Kier alpha value is -2.99. The van der Waals surface area contributed by atoms with Gasteiger partial charge in [-0.15, -0.1) is 10.2 Å². The van der Waals surface area contributed by atoms with E-state index in [1.165, 1.54) is 16.7 Å². The molecule has 0 saturated heterocycles. The number of hydrogen-bond acceptors (Lipinski definition) is 5. The van der Waals surface area contributed by atoms with Crippen LogP contribution in [0.3, 0.4) is 0 Å². The lowest BCUT2D eigenvalue weighted by atomic mass is 9.70. The second kappa shape index (κ2) is 11.6. The lowest BCUT2D eigenvalue weighted by molar-refractivity contribution is 0.134. The van der Waals surface area contributed by atoms with Crippen molar-refractivity contribution >= 4 is 6.08 Å². The van der Waals surface area contributed by atoms with Crippen molar-refractivity contribution in [1.82, 2.24) is 20.6 Å². The molecule has 0 aliphatic heterocycles. The summed E-state index contributed by atoms with van der Waals surface area (Å²) in [5, 5.41) is 24.1. The highest BCUT2D eigenvalue weighted by Gasteiger charge is 2.31. The van der Waals surface area contributed by atoms with Crippen LogP contribution in [0.2, 0.25) is 0 Å². The van der Waals surface area contributed by atoms with Crippen LogP contribution in [0.4, 0.5) is 0 Å². The van der Waals surface area contributed by atoms with Gasteiger partial charge in [-0.3, -0.25) is 0 Å². The molecule has 3 aromatic rings. The van der Waals surface area contributed by atoms with Gasteiger partial charge in [0.1, 0.15) is 5.75 Å². The van der Waals surface area contributed by atoms with Gasteiger partial charge in [-0.2, -0.15) is 5.21 Å². The number of aromatic nitrogens is 4. The highest BCUT2D eigenvalue weighted by atomic mass is 16.5. The molecule has 0 saturated carbocycles. The molecule has 3 rings (SSSR count). The summed E-state index contributed by atoms with van der Waals surface area (Å²) in [6.07, 6.45) is 8.59. The molecule has 0 fully saturated rings. The Balaban J connectivity index is 1.74. The molecule has 35 heavy (non-hydrogen) atoms. The fraction of sp³-hybridized carbons (Fsp3) is 0.483. The van der Waals surface area contributed by atoms with E-state index in [2.05, 4.69) is 84.7 Å². The van der Waals surface area contributed by atoms with E-state index in [1.54, 1.807) is 13.8 Å². The lowest BCUT2D eigenvalue weighted by Crippen LogP contribution is -2.26. The number of H-pyrrole nitrogens is 1. The molecule has 0 spiro atoms. The van der Waals surface area contributed by atoms with Gasteiger partial charge in [0.05, 0.1) is 12.2 Å². The predicted octanol–water partition coefficient (Wildman–Crippen LogP) is 6.11. The van der Waals surface area contributed by atoms with Crippen LogP contribution in [0.5, 0.6) is 5.75 Å². The Bertz CT molecular complexity index is 1110. The molecule has 188 valence electrons. The van der Waals surface area contributed by atoms with Crippen molar-refractivity contribution in [2.45, 2.75) is 84.7 Å². The normalized spacial score (nSPS) is 12.4. The number of unbranched alkanes of at least 4 members (excludes halogenated alkanes) is 1. The van der Waals surface area contributed by atoms with E-state index in [0.29, 0.717) is 6.61 Å². The van der Waals surface area contributed by atoms with Gasteiger partial charge in [-0.05, 0) is 87.3 Å². The zero-order valence-corrected chi connectivity index (χ0v) is 22.1. The molecule has 1 aromatic heterocycles. The summed E-state index contributed by atoms with van der Waals surface area (Å²) in [4.78, 5) is 0. The summed E-state index contributed by atoms with van der Waals surface area (Å²) in [5.41, 5.74) is 5.28. The Kier molecular flexibility index (Phi) is 8.84. The topological polar surface area (TPSA) is 83.9 Å². The zero-order valence-electron chi connectivity index (χ0n) is 22.1. The van der Waals surface area contributed by atoms with E-state index >= 15 is 0 Å². The predicted molar refractivity (Wildman–Crippen MR) is 142 cm³/mol. The first kappa shape index (κ1) is 26.6. The van der Waals surface area contributed by atoms with Gasteiger partial charge < -0.3 is 9.84 Å². The number of ether oxygens (including phenoxy) is 1. The first-order valence-corrected chi connectivity index (χ1v) is 12.7. The first-order chi connectivity index (χ1) is 16.7. The van der Waals surface area contributed by atoms with Crippen molar-refractivity contribution < 1.29 is 9.84 Å². The van der Waals surface area contributed by atoms with Crippen molar-refractivity contribution in [2.24, 2.45) is 0 Å². The fourth-order valence-corrected chi connectivity index (χ4v) is 4.65. The minimum Gasteiger partial charge on any atom is -0.493 e. The number of tetrazole rings is 1. The third-order valence-electron chi connectivity index (χ3n) is 6.87. The number of aryl methyl sites for hydroxylation is 3. The van der Waals surface area contributed by atoms with E-state index in [4.69, 9.17) is 4.74 Å². The maximum atomic E-state index is 10.0. The Morgan fingerprint density at radius 2 is 1.66 bits per heavy atom. The maximum absolute atomic E-state index is 10.0. The molecule has 0 unspecified atom stereocenters. The summed E-state index contributed by atoms with van der Waals surface area (Å²) >= 11 is 0. The Morgan fingerprint density at radius 1 is 0.971 bits per heavy atom. The minimum absolute atomic E-state index is 0.0584. The van der Waals surface area contributed by atoms with E-state index in [0.717, 1.165) is 54.8 Å². The van der Waals surface area contributed by atoms with Crippen LogP contribution in [-0.2, 0) is 11.8 Å². The molecule has 6 heteroatoms. The van der Waals surface area contributed by atoms with Crippen molar-refractivity contribution in [3.8, 4) is 5.75 Å². The number of aliphatic hydroxyl groups is 1. The molecule has 0 radical (unpaired) electrons.